The third-order valence-corrected chi connectivity index (χ3v) is 8.64. The minimum Gasteiger partial charge on any atom is -0.460 e. The van der Waals surface area contributed by atoms with E-state index in [1.807, 2.05) is 43.5 Å². The number of hydrogen-bond donors (Lipinski definition) is 0. The third kappa shape index (κ3) is 6.86. The van der Waals surface area contributed by atoms with Gasteiger partial charge in [-0.3, -0.25) is 0 Å². The Morgan fingerprint density at radius 2 is 1.67 bits per heavy atom. The maximum atomic E-state index is 12.5. The molecule has 0 radical (unpaired) electrons. The molecule has 0 unspecified atom stereocenters. The number of rotatable bonds is 10. The van der Waals surface area contributed by atoms with E-state index in [-0.39, 0.29) is 6.61 Å². The van der Waals surface area contributed by atoms with Crippen LogP contribution in [0, 0.1) is 22.7 Å². The van der Waals surface area contributed by atoms with Gasteiger partial charge in [-0.05, 0) is 97.0 Å². The van der Waals surface area contributed by atoms with Gasteiger partial charge in [-0.1, -0.05) is 37.5 Å². The van der Waals surface area contributed by atoms with Crippen LogP contribution in [0.5, 0.6) is 11.5 Å². The predicted molar refractivity (Wildman–Crippen MR) is 170 cm³/mol. The Hall–Kier alpha value is -4.30. The molecule has 0 bridgehead atoms. The van der Waals surface area contributed by atoms with Crippen LogP contribution in [0.4, 0.5) is 0 Å². The first-order valence-corrected chi connectivity index (χ1v) is 15.9. The predicted octanol–water partition coefficient (Wildman–Crippen LogP) is 9.01. The summed E-state index contributed by atoms with van der Waals surface area (Å²) < 4.78 is 17.1. The molecule has 4 aromatic carbocycles. The van der Waals surface area contributed by atoms with E-state index >= 15 is 0 Å². The highest BCUT2D eigenvalue weighted by atomic mass is 32.2. The molecular formula is C36H34N2O4S. The number of ether oxygens (including phenoxy) is 3. The zero-order chi connectivity index (χ0) is 30.2. The Morgan fingerprint density at radius 1 is 0.930 bits per heavy atom. The first-order valence-electron chi connectivity index (χ1n) is 14.7. The highest BCUT2D eigenvalue weighted by molar-refractivity contribution is 7.98. The molecule has 1 saturated carbocycles. The van der Waals surface area contributed by atoms with Gasteiger partial charge < -0.3 is 14.2 Å². The molecule has 218 valence electrons. The summed E-state index contributed by atoms with van der Waals surface area (Å²) in [5, 5.41) is 22.0. The standard InChI is InChI=1S/C36H34N2O4S/c1-3-40-17-18-41-36(39)26-9-13-30(14-10-26)42-33-21-27(24-7-5-4-6-8-24)19-28-20-29(22-37)32(23-38)34(35(28)33)25-11-15-31(43-2)16-12-25/h9-16,19-21,24H,3-8,17-18H2,1-2H3. The Kier molecular flexibility index (Phi) is 10.00. The van der Waals surface area contributed by atoms with Crippen molar-refractivity contribution in [3.05, 3.63) is 89.0 Å². The van der Waals surface area contributed by atoms with E-state index < -0.39 is 5.97 Å². The number of carbonyl (C=O) groups is 1. The average molecular weight is 591 g/mol. The van der Waals surface area contributed by atoms with Crippen LogP contribution in [0.3, 0.4) is 0 Å². The van der Waals surface area contributed by atoms with Gasteiger partial charge in [-0.15, -0.1) is 11.8 Å². The molecule has 0 aromatic heterocycles. The lowest BCUT2D eigenvalue weighted by Crippen LogP contribution is -2.10. The summed E-state index contributed by atoms with van der Waals surface area (Å²) in [6, 6.07) is 25.5. The van der Waals surface area contributed by atoms with E-state index in [9.17, 15) is 15.3 Å². The lowest BCUT2D eigenvalue weighted by Gasteiger charge is -2.24. The number of esters is 1. The number of nitriles is 2. The van der Waals surface area contributed by atoms with Crippen molar-refractivity contribution < 1.29 is 19.0 Å². The van der Waals surface area contributed by atoms with Gasteiger partial charge >= 0.3 is 5.97 Å². The monoisotopic (exact) mass is 590 g/mol. The van der Waals surface area contributed by atoms with Crippen molar-refractivity contribution in [3.8, 4) is 34.8 Å². The van der Waals surface area contributed by atoms with E-state index in [4.69, 9.17) is 14.2 Å². The molecule has 6 nitrogen and oxygen atoms in total. The van der Waals surface area contributed by atoms with Crippen LogP contribution in [0.15, 0.2) is 71.6 Å². The van der Waals surface area contributed by atoms with E-state index in [0.717, 1.165) is 34.1 Å². The second kappa shape index (κ2) is 14.2. The number of hydrogen-bond acceptors (Lipinski definition) is 7. The topological polar surface area (TPSA) is 92.3 Å². The maximum absolute atomic E-state index is 12.5. The summed E-state index contributed by atoms with van der Waals surface area (Å²) in [6.45, 7) is 3.01. The number of nitrogens with zero attached hydrogens (tertiary/aromatic N) is 2. The summed E-state index contributed by atoms with van der Waals surface area (Å²) in [7, 11) is 0. The van der Waals surface area contributed by atoms with Gasteiger partial charge in [0.25, 0.3) is 0 Å². The molecule has 0 aliphatic heterocycles. The fourth-order valence-electron chi connectivity index (χ4n) is 5.74. The summed E-state index contributed by atoms with van der Waals surface area (Å²) in [4.78, 5) is 13.6. The molecule has 1 fully saturated rings. The van der Waals surface area contributed by atoms with Gasteiger partial charge in [0.2, 0.25) is 0 Å². The fourth-order valence-corrected chi connectivity index (χ4v) is 6.15. The van der Waals surface area contributed by atoms with E-state index in [0.29, 0.717) is 52.9 Å². The van der Waals surface area contributed by atoms with Gasteiger partial charge in [0.15, 0.2) is 0 Å². The van der Waals surface area contributed by atoms with Gasteiger partial charge in [0, 0.05) is 22.5 Å². The number of benzene rings is 4. The third-order valence-electron chi connectivity index (χ3n) is 7.89. The summed E-state index contributed by atoms with van der Waals surface area (Å²) in [5.41, 5.74) is 3.80. The quantitative estimate of drug-likeness (QED) is 0.103. The summed E-state index contributed by atoms with van der Waals surface area (Å²) in [6.07, 6.45) is 7.85. The van der Waals surface area contributed by atoms with Crippen LogP contribution in [0.1, 0.15) is 72.0 Å². The fraction of sp³-hybridized carbons (Fsp3) is 0.306. The van der Waals surface area contributed by atoms with Crippen molar-refractivity contribution in [3.63, 3.8) is 0 Å². The highest BCUT2D eigenvalue weighted by Gasteiger charge is 2.23. The van der Waals surface area contributed by atoms with Crippen LogP contribution in [0.2, 0.25) is 0 Å². The Balaban J connectivity index is 1.62. The van der Waals surface area contributed by atoms with Crippen LogP contribution in [-0.4, -0.2) is 32.0 Å². The van der Waals surface area contributed by atoms with Crippen molar-refractivity contribution in [1.82, 2.24) is 0 Å². The van der Waals surface area contributed by atoms with E-state index in [2.05, 4.69) is 24.3 Å². The van der Waals surface area contributed by atoms with Crippen LogP contribution in [-0.2, 0) is 9.47 Å². The minimum absolute atomic E-state index is 0.192. The number of carbonyl (C=O) groups excluding carboxylic acids is 1. The molecule has 0 atom stereocenters. The van der Waals surface area contributed by atoms with Gasteiger partial charge in [0.1, 0.15) is 30.2 Å². The SMILES string of the molecule is CCOCCOC(=O)c1ccc(Oc2cc(C3CCCCC3)cc3cc(C#N)c(C#N)c(-c4ccc(SC)cc4)c23)cc1. The summed E-state index contributed by atoms with van der Waals surface area (Å²) in [5.74, 6) is 1.16. The van der Waals surface area contributed by atoms with Gasteiger partial charge in [-0.2, -0.15) is 10.5 Å². The molecule has 0 amide bonds. The zero-order valence-electron chi connectivity index (χ0n) is 24.5. The molecule has 4 aromatic rings. The molecule has 1 aliphatic carbocycles. The smallest absolute Gasteiger partial charge is 0.338 e. The van der Waals surface area contributed by atoms with E-state index in [1.165, 1.54) is 24.8 Å². The molecule has 0 heterocycles. The minimum atomic E-state index is -0.422. The first kappa shape index (κ1) is 30.2. The summed E-state index contributed by atoms with van der Waals surface area (Å²) >= 11 is 1.64. The van der Waals surface area contributed by atoms with Gasteiger partial charge in [-0.25, -0.2) is 4.79 Å². The molecule has 1 aliphatic rings. The Labute approximate surface area is 257 Å². The first-order chi connectivity index (χ1) is 21.1. The Bertz CT molecular complexity index is 1680. The second-order valence-electron chi connectivity index (χ2n) is 10.5. The molecule has 0 spiro atoms. The van der Waals surface area contributed by atoms with Crippen LogP contribution < -0.4 is 4.74 Å². The molecule has 5 rings (SSSR count). The second-order valence-corrected chi connectivity index (χ2v) is 11.4. The number of thioether (sulfide) groups is 1. The van der Waals surface area contributed by atoms with Crippen molar-refractivity contribution >= 4 is 28.5 Å². The largest absolute Gasteiger partial charge is 0.460 e. The van der Waals surface area contributed by atoms with Crippen molar-refractivity contribution in [2.75, 3.05) is 26.1 Å². The molecule has 7 heteroatoms. The molecule has 0 saturated heterocycles. The van der Waals surface area contributed by atoms with Crippen LogP contribution in [0.25, 0.3) is 21.9 Å². The van der Waals surface area contributed by atoms with Crippen molar-refractivity contribution in [2.45, 2.75) is 49.8 Å². The van der Waals surface area contributed by atoms with Crippen molar-refractivity contribution in [1.29, 1.82) is 10.5 Å². The normalized spacial score (nSPS) is 13.3. The zero-order valence-corrected chi connectivity index (χ0v) is 25.3. The van der Waals surface area contributed by atoms with Crippen molar-refractivity contribution in [2.24, 2.45) is 0 Å². The Morgan fingerprint density at radius 3 is 2.33 bits per heavy atom. The van der Waals surface area contributed by atoms with Gasteiger partial charge in [0.05, 0.1) is 23.3 Å². The van der Waals surface area contributed by atoms with Crippen LogP contribution >= 0.6 is 11.8 Å². The maximum Gasteiger partial charge on any atom is 0.338 e. The average Bonchev–Trinajstić information content (AvgIpc) is 3.06. The lowest BCUT2D eigenvalue weighted by molar-refractivity contribution is 0.0335. The molecular weight excluding hydrogens is 556 g/mol. The molecule has 0 N–H and O–H groups in total. The van der Waals surface area contributed by atoms with E-state index in [1.54, 1.807) is 36.0 Å². The number of fused-ring (bicyclic) bond motifs is 1. The molecule has 43 heavy (non-hydrogen) atoms. The highest BCUT2D eigenvalue weighted by Crippen LogP contribution is 2.44. The lowest BCUT2D eigenvalue weighted by atomic mass is 9.82.